The van der Waals surface area contributed by atoms with Crippen LogP contribution in [0.2, 0.25) is 5.02 Å². The van der Waals surface area contributed by atoms with Gasteiger partial charge in [0.1, 0.15) is 23.1 Å². The number of hydrogen-bond acceptors (Lipinski definition) is 4. The summed E-state index contributed by atoms with van der Waals surface area (Å²) in [6.07, 6.45) is 0.748. The summed E-state index contributed by atoms with van der Waals surface area (Å²) < 4.78 is 68.5. The number of fused-ring (bicyclic) bond motifs is 1. The highest BCUT2D eigenvalue weighted by molar-refractivity contribution is 7.89. The first-order valence-corrected chi connectivity index (χ1v) is 11.3. The average molecular weight is 480 g/mol. The minimum absolute atomic E-state index is 0.0146. The molecule has 4 aromatic rings. The van der Waals surface area contributed by atoms with E-state index < -0.39 is 38.9 Å². The minimum atomic E-state index is -3.93. The summed E-state index contributed by atoms with van der Waals surface area (Å²) in [5.74, 6) is -3.44. The molecule has 1 amide bonds. The van der Waals surface area contributed by atoms with Crippen molar-refractivity contribution in [1.29, 1.82) is 0 Å². The van der Waals surface area contributed by atoms with E-state index >= 15 is 0 Å². The van der Waals surface area contributed by atoms with Crippen LogP contribution in [0.5, 0.6) is 0 Å². The Morgan fingerprint density at radius 2 is 1.75 bits per heavy atom. The standard InChI is InChI=1S/C21H13ClF3N3O3S/c1-32(30,31)27-21(29)13-9-15(22)19(10-17(13)25)28-18-7-6-11(23)8-14(18)20(26-28)12-4-2-3-5-16(12)24/h2-10H,1H3,(H,27,29). The smallest absolute Gasteiger partial charge is 0.267 e. The number of sulfonamides is 1. The Kier molecular flexibility index (Phi) is 5.43. The first kappa shape index (κ1) is 21.8. The van der Waals surface area contributed by atoms with Gasteiger partial charge < -0.3 is 0 Å². The fourth-order valence-electron chi connectivity index (χ4n) is 3.22. The molecule has 0 fully saturated rings. The summed E-state index contributed by atoms with van der Waals surface area (Å²) >= 11 is 6.26. The van der Waals surface area contributed by atoms with E-state index in [0.717, 1.165) is 24.5 Å². The van der Waals surface area contributed by atoms with E-state index in [9.17, 15) is 26.4 Å². The van der Waals surface area contributed by atoms with Crippen LogP contribution in [0.1, 0.15) is 10.4 Å². The Bertz CT molecular complexity index is 1500. The number of hydrogen-bond donors (Lipinski definition) is 1. The Labute approximate surface area is 185 Å². The van der Waals surface area contributed by atoms with E-state index in [1.54, 1.807) is 10.8 Å². The molecule has 0 aliphatic carbocycles. The first-order valence-electron chi connectivity index (χ1n) is 9.00. The fourth-order valence-corrected chi connectivity index (χ4v) is 3.91. The second-order valence-corrected chi connectivity index (χ2v) is 9.04. The van der Waals surface area contributed by atoms with Gasteiger partial charge in [-0.3, -0.25) is 4.79 Å². The number of nitrogens with one attached hydrogen (secondary N) is 1. The van der Waals surface area contributed by atoms with E-state index in [1.807, 2.05) is 0 Å². The van der Waals surface area contributed by atoms with E-state index in [0.29, 0.717) is 5.52 Å². The Morgan fingerprint density at radius 3 is 2.44 bits per heavy atom. The lowest BCUT2D eigenvalue weighted by atomic mass is 10.1. The van der Waals surface area contributed by atoms with Gasteiger partial charge in [0.05, 0.1) is 28.0 Å². The molecule has 3 aromatic carbocycles. The predicted octanol–water partition coefficient (Wildman–Crippen LogP) is 4.45. The third-order valence-electron chi connectivity index (χ3n) is 4.56. The lowest BCUT2D eigenvalue weighted by Gasteiger charge is -2.10. The monoisotopic (exact) mass is 479 g/mol. The number of amides is 1. The maximum Gasteiger partial charge on any atom is 0.267 e. The summed E-state index contributed by atoms with van der Waals surface area (Å²) in [6, 6.07) is 11.3. The van der Waals surface area contributed by atoms with E-state index in [2.05, 4.69) is 5.10 Å². The van der Waals surface area contributed by atoms with Crippen LogP contribution in [0, 0.1) is 17.5 Å². The van der Waals surface area contributed by atoms with E-state index in [4.69, 9.17) is 11.6 Å². The quantitative estimate of drug-likeness (QED) is 0.469. The third kappa shape index (κ3) is 4.06. The van der Waals surface area contributed by atoms with Crippen molar-refractivity contribution >= 4 is 38.4 Å². The highest BCUT2D eigenvalue weighted by Crippen LogP contribution is 2.34. The molecule has 0 atom stereocenters. The Hall–Kier alpha value is -3.37. The maximum atomic E-state index is 14.7. The topological polar surface area (TPSA) is 81.1 Å². The van der Waals surface area contributed by atoms with Crippen LogP contribution in [0.15, 0.2) is 54.6 Å². The van der Waals surface area contributed by atoms with Gasteiger partial charge in [-0.05, 0) is 36.4 Å². The van der Waals surface area contributed by atoms with Crippen LogP contribution in [-0.4, -0.2) is 30.4 Å². The van der Waals surface area contributed by atoms with Crippen LogP contribution >= 0.6 is 11.6 Å². The molecule has 11 heteroatoms. The van der Waals surface area contributed by atoms with Crippen molar-refractivity contribution in [1.82, 2.24) is 14.5 Å². The minimum Gasteiger partial charge on any atom is -0.268 e. The molecule has 0 saturated carbocycles. The molecule has 0 radical (unpaired) electrons. The van der Waals surface area contributed by atoms with Gasteiger partial charge in [-0.15, -0.1) is 0 Å². The highest BCUT2D eigenvalue weighted by atomic mass is 35.5. The van der Waals surface area contributed by atoms with E-state index in [-0.39, 0.29) is 27.4 Å². The molecule has 0 unspecified atom stereocenters. The van der Waals surface area contributed by atoms with Gasteiger partial charge in [-0.1, -0.05) is 23.7 Å². The second kappa shape index (κ2) is 7.95. The molecular formula is C21H13ClF3N3O3S. The van der Waals surface area contributed by atoms with Crippen LogP contribution in [-0.2, 0) is 10.0 Å². The van der Waals surface area contributed by atoms with Gasteiger partial charge in [0, 0.05) is 17.0 Å². The molecule has 0 aliphatic rings. The average Bonchev–Trinajstić information content (AvgIpc) is 3.06. The normalized spacial score (nSPS) is 11.7. The lowest BCUT2D eigenvalue weighted by Crippen LogP contribution is -2.30. The maximum absolute atomic E-state index is 14.7. The van der Waals surface area contributed by atoms with Gasteiger partial charge in [0.2, 0.25) is 10.0 Å². The highest BCUT2D eigenvalue weighted by Gasteiger charge is 2.22. The second-order valence-electron chi connectivity index (χ2n) is 6.89. The van der Waals surface area contributed by atoms with Gasteiger partial charge in [0.25, 0.3) is 5.91 Å². The van der Waals surface area contributed by atoms with Crippen LogP contribution in [0.25, 0.3) is 27.8 Å². The summed E-state index contributed by atoms with van der Waals surface area (Å²) in [5.41, 5.74) is -0.102. The number of rotatable bonds is 4. The zero-order valence-corrected chi connectivity index (χ0v) is 17.8. The summed E-state index contributed by atoms with van der Waals surface area (Å²) in [5, 5.41) is 4.45. The third-order valence-corrected chi connectivity index (χ3v) is 5.42. The summed E-state index contributed by atoms with van der Waals surface area (Å²) in [7, 11) is -3.93. The molecule has 1 heterocycles. The van der Waals surface area contributed by atoms with Gasteiger partial charge in [-0.2, -0.15) is 5.10 Å². The number of carbonyl (C=O) groups excluding carboxylic acids is 1. The van der Waals surface area contributed by atoms with Crippen molar-refractivity contribution in [3.63, 3.8) is 0 Å². The summed E-state index contributed by atoms with van der Waals surface area (Å²) in [6.45, 7) is 0. The number of aromatic nitrogens is 2. The summed E-state index contributed by atoms with van der Waals surface area (Å²) in [4.78, 5) is 12.1. The molecule has 0 saturated heterocycles. The van der Waals surface area contributed by atoms with E-state index in [1.165, 1.54) is 35.0 Å². The first-order chi connectivity index (χ1) is 15.0. The van der Waals surface area contributed by atoms with Crippen molar-refractivity contribution in [3.05, 3.63) is 82.6 Å². The number of nitrogens with zero attached hydrogens (tertiary/aromatic N) is 2. The number of benzene rings is 3. The number of halogens is 4. The molecule has 1 aromatic heterocycles. The molecule has 6 nitrogen and oxygen atoms in total. The zero-order valence-electron chi connectivity index (χ0n) is 16.2. The molecule has 4 rings (SSSR count). The predicted molar refractivity (Wildman–Crippen MR) is 114 cm³/mol. The molecule has 0 spiro atoms. The fraction of sp³-hybridized carbons (Fsp3) is 0.0476. The number of carbonyl (C=O) groups is 1. The van der Waals surface area contributed by atoms with Crippen LogP contribution in [0.4, 0.5) is 13.2 Å². The van der Waals surface area contributed by atoms with Gasteiger partial charge >= 0.3 is 0 Å². The molecule has 0 bridgehead atoms. The SMILES string of the molecule is CS(=O)(=O)NC(=O)c1cc(Cl)c(-n2nc(-c3ccccc3F)c3cc(F)ccc32)cc1F. The van der Waals surface area contributed by atoms with Gasteiger partial charge in [-0.25, -0.2) is 31.0 Å². The van der Waals surface area contributed by atoms with Crippen LogP contribution in [0.3, 0.4) is 0 Å². The molecule has 32 heavy (non-hydrogen) atoms. The van der Waals surface area contributed by atoms with Crippen molar-refractivity contribution in [2.45, 2.75) is 0 Å². The zero-order chi connectivity index (χ0) is 23.2. The van der Waals surface area contributed by atoms with Crippen molar-refractivity contribution < 1.29 is 26.4 Å². The van der Waals surface area contributed by atoms with Crippen molar-refractivity contribution in [2.24, 2.45) is 0 Å². The Balaban J connectivity index is 1.92. The largest absolute Gasteiger partial charge is 0.268 e. The van der Waals surface area contributed by atoms with Crippen LogP contribution < -0.4 is 4.72 Å². The molecule has 0 aliphatic heterocycles. The molecular weight excluding hydrogens is 467 g/mol. The van der Waals surface area contributed by atoms with Crippen molar-refractivity contribution in [3.8, 4) is 16.9 Å². The van der Waals surface area contributed by atoms with Gasteiger partial charge in [0.15, 0.2) is 0 Å². The van der Waals surface area contributed by atoms with Crippen molar-refractivity contribution in [2.75, 3.05) is 6.26 Å². The molecule has 164 valence electrons. The Morgan fingerprint density at radius 1 is 1.03 bits per heavy atom. The molecule has 1 N–H and O–H groups in total. The lowest BCUT2D eigenvalue weighted by molar-refractivity contribution is 0.0978.